The van der Waals surface area contributed by atoms with Crippen molar-refractivity contribution in [2.75, 3.05) is 19.6 Å². The van der Waals surface area contributed by atoms with E-state index in [9.17, 15) is 4.79 Å². The maximum Gasteiger partial charge on any atom is 0.404 e. The first-order valence-corrected chi connectivity index (χ1v) is 6.74. The summed E-state index contributed by atoms with van der Waals surface area (Å²) >= 11 is 1.63. The number of piperidine rings is 1. The van der Waals surface area contributed by atoms with Crippen LogP contribution in [0.5, 0.6) is 0 Å². The van der Waals surface area contributed by atoms with Gasteiger partial charge >= 0.3 is 6.09 Å². The van der Waals surface area contributed by atoms with Crippen LogP contribution in [0.1, 0.15) is 18.5 Å². The second-order valence-electron chi connectivity index (χ2n) is 4.39. The molecule has 2 heterocycles. The van der Waals surface area contributed by atoms with Crippen molar-refractivity contribution in [2.45, 2.75) is 19.4 Å². The number of thiazole rings is 1. The van der Waals surface area contributed by atoms with Gasteiger partial charge in [0.15, 0.2) is 0 Å². The van der Waals surface area contributed by atoms with Gasteiger partial charge in [0.05, 0.1) is 11.2 Å². The van der Waals surface area contributed by atoms with Crippen molar-refractivity contribution in [3.63, 3.8) is 0 Å². The van der Waals surface area contributed by atoms with Gasteiger partial charge in [-0.25, -0.2) is 9.78 Å². The zero-order valence-electron chi connectivity index (χ0n) is 9.63. The van der Waals surface area contributed by atoms with Gasteiger partial charge in [0.1, 0.15) is 0 Å². The summed E-state index contributed by atoms with van der Waals surface area (Å²) in [5.74, 6) is 0.484. The minimum Gasteiger partial charge on any atom is -0.465 e. The number of hydrogen-bond donors (Lipinski definition) is 2. The average molecular weight is 255 g/mol. The number of carbonyl (C=O) groups is 1. The molecule has 0 unspecified atom stereocenters. The topological polar surface area (TPSA) is 65.5 Å². The van der Waals surface area contributed by atoms with Crippen molar-refractivity contribution in [1.29, 1.82) is 0 Å². The number of amides is 1. The highest BCUT2D eigenvalue weighted by atomic mass is 32.1. The summed E-state index contributed by atoms with van der Waals surface area (Å²) in [5, 5.41) is 13.1. The van der Waals surface area contributed by atoms with Crippen molar-refractivity contribution >= 4 is 17.4 Å². The maximum atomic E-state index is 10.4. The van der Waals surface area contributed by atoms with Crippen molar-refractivity contribution in [2.24, 2.45) is 5.92 Å². The number of hydrogen-bond acceptors (Lipinski definition) is 4. The van der Waals surface area contributed by atoms with Crippen LogP contribution >= 0.6 is 11.3 Å². The maximum absolute atomic E-state index is 10.4. The number of aromatic nitrogens is 1. The molecule has 5 nitrogen and oxygen atoms in total. The lowest BCUT2D eigenvalue weighted by molar-refractivity contribution is 0.165. The molecule has 0 saturated carbocycles. The van der Waals surface area contributed by atoms with Gasteiger partial charge < -0.3 is 10.4 Å². The third kappa shape index (κ3) is 3.98. The second-order valence-corrected chi connectivity index (χ2v) is 5.10. The molecule has 0 aromatic carbocycles. The number of likely N-dealkylation sites (tertiary alicyclic amines) is 1. The Hall–Kier alpha value is -1.14. The van der Waals surface area contributed by atoms with Crippen LogP contribution in [0.4, 0.5) is 4.79 Å². The van der Waals surface area contributed by atoms with Gasteiger partial charge in [-0.15, -0.1) is 11.3 Å². The van der Waals surface area contributed by atoms with Gasteiger partial charge in [0.2, 0.25) is 0 Å². The van der Waals surface area contributed by atoms with Crippen LogP contribution < -0.4 is 5.32 Å². The van der Waals surface area contributed by atoms with E-state index in [1.165, 1.54) is 0 Å². The Morgan fingerprint density at radius 2 is 2.35 bits per heavy atom. The summed E-state index contributed by atoms with van der Waals surface area (Å²) < 4.78 is 0. The predicted molar refractivity (Wildman–Crippen MR) is 66.1 cm³/mol. The predicted octanol–water partition coefficient (Wildman–Crippen LogP) is 1.62. The lowest BCUT2D eigenvalue weighted by Gasteiger charge is -2.31. The monoisotopic (exact) mass is 255 g/mol. The second kappa shape index (κ2) is 5.97. The summed E-state index contributed by atoms with van der Waals surface area (Å²) in [6.07, 6.45) is 1.20. The summed E-state index contributed by atoms with van der Waals surface area (Å²) in [7, 11) is 0. The molecule has 2 N–H and O–H groups in total. The quantitative estimate of drug-likeness (QED) is 0.858. The van der Waals surface area contributed by atoms with E-state index in [4.69, 9.17) is 5.11 Å². The Morgan fingerprint density at radius 3 is 2.94 bits per heavy atom. The van der Waals surface area contributed by atoms with Gasteiger partial charge in [-0.3, -0.25) is 4.90 Å². The van der Waals surface area contributed by atoms with Crippen molar-refractivity contribution in [1.82, 2.24) is 15.2 Å². The van der Waals surface area contributed by atoms with E-state index >= 15 is 0 Å². The van der Waals surface area contributed by atoms with Gasteiger partial charge in [0, 0.05) is 18.5 Å². The van der Waals surface area contributed by atoms with Crippen LogP contribution in [-0.4, -0.2) is 40.7 Å². The fourth-order valence-corrected chi connectivity index (χ4v) is 2.67. The Bertz CT molecular complexity index is 348. The molecule has 0 atom stereocenters. The van der Waals surface area contributed by atoms with Crippen LogP contribution in [0.3, 0.4) is 0 Å². The van der Waals surface area contributed by atoms with E-state index in [0.717, 1.165) is 38.2 Å². The summed E-state index contributed by atoms with van der Waals surface area (Å²) in [4.78, 5) is 17.0. The Balaban J connectivity index is 1.69. The number of carboxylic acid groups (broad SMARTS) is 1. The van der Waals surface area contributed by atoms with Crippen molar-refractivity contribution in [3.05, 3.63) is 16.6 Å². The van der Waals surface area contributed by atoms with E-state index in [0.29, 0.717) is 12.5 Å². The van der Waals surface area contributed by atoms with Crippen LogP contribution in [0, 0.1) is 5.92 Å². The lowest BCUT2D eigenvalue weighted by Crippen LogP contribution is -2.38. The van der Waals surface area contributed by atoms with Crippen LogP contribution in [-0.2, 0) is 6.54 Å². The van der Waals surface area contributed by atoms with Crippen LogP contribution in [0.15, 0.2) is 10.9 Å². The largest absolute Gasteiger partial charge is 0.465 e. The molecular formula is C11H17N3O2S. The standard InChI is InChI=1S/C11H17N3O2S/c15-11(16)12-5-9-1-3-14(4-2-9)6-10-7-17-8-13-10/h7-9,12H,1-6H2,(H,15,16). The Labute approximate surface area is 104 Å². The molecule has 0 spiro atoms. The van der Waals surface area contributed by atoms with Crippen LogP contribution in [0.2, 0.25) is 0 Å². The molecule has 0 aliphatic carbocycles. The normalized spacial score (nSPS) is 18.1. The zero-order valence-corrected chi connectivity index (χ0v) is 10.4. The average Bonchev–Trinajstić information content (AvgIpc) is 2.81. The number of rotatable bonds is 4. The fraction of sp³-hybridized carbons (Fsp3) is 0.636. The van der Waals surface area contributed by atoms with Crippen LogP contribution in [0.25, 0.3) is 0 Å². The molecule has 17 heavy (non-hydrogen) atoms. The lowest BCUT2D eigenvalue weighted by atomic mass is 9.97. The van der Waals surface area contributed by atoms with Gasteiger partial charge in [-0.05, 0) is 31.8 Å². The minimum absolute atomic E-state index is 0.484. The third-order valence-electron chi connectivity index (χ3n) is 3.12. The third-order valence-corrected chi connectivity index (χ3v) is 3.75. The van der Waals surface area contributed by atoms with E-state index in [-0.39, 0.29) is 0 Å². The molecule has 1 amide bonds. The molecule has 1 aromatic rings. The van der Waals surface area contributed by atoms with E-state index in [1.807, 2.05) is 5.51 Å². The van der Waals surface area contributed by atoms with E-state index in [1.54, 1.807) is 11.3 Å². The highest BCUT2D eigenvalue weighted by Crippen LogP contribution is 2.18. The first-order chi connectivity index (χ1) is 8.24. The molecule has 6 heteroatoms. The van der Waals surface area contributed by atoms with Gasteiger partial charge in [-0.1, -0.05) is 0 Å². The fourth-order valence-electron chi connectivity index (χ4n) is 2.13. The van der Waals surface area contributed by atoms with Gasteiger partial charge in [-0.2, -0.15) is 0 Å². The number of nitrogens with one attached hydrogen (secondary N) is 1. The summed E-state index contributed by atoms with van der Waals surface area (Å²) in [5.41, 5.74) is 3.00. The van der Waals surface area contributed by atoms with E-state index in [2.05, 4.69) is 20.6 Å². The molecule has 1 aliphatic rings. The molecule has 1 aromatic heterocycles. The summed E-state index contributed by atoms with van der Waals surface area (Å²) in [6.45, 7) is 3.56. The highest BCUT2D eigenvalue weighted by molar-refractivity contribution is 7.07. The molecular weight excluding hydrogens is 238 g/mol. The van der Waals surface area contributed by atoms with E-state index < -0.39 is 6.09 Å². The van der Waals surface area contributed by atoms with Crippen molar-refractivity contribution in [3.8, 4) is 0 Å². The Kier molecular flexibility index (Phi) is 4.33. The van der Waals surface area contributed by atoms with Gasteiger partial charge in [0.25, 0.3) is 0 Å². The SMILES string of the molecule is O=C(O)NCC1CCN(Cc2cscn2)CC1. The molecule has 0 bridgehead atoms. The number of nitrogens with zero attached hydrogens (tertiary/aromatic N) is 2. The Morgan fingerprint density at radius 1 is 1.59 bits per heavy atom. The highest BCUT2D eigenvalue weighted by Gasteiger charge is 2.19. The first kappa shape index (κ1) is 12.3. The molecule has 2 rings (SSSR count). The minimum atomic E-state index is -0.921. The zero-order chi connectivity index (χ0) is 12.1. The molecule has 0 radical (unpaired) electrons. The van der Waals surface area contributed by atoms with Crippen molar-refractivity contribution < 1.29 is 9.90 Å². The smallest absolute Gasteiger partial charge is 0.404 e. The summed E-state index contributed by atoms with van der Waals surface area (Å²) in [6, 6.07) is 0. The molecule has 1 saturated heterocycles. The molecule has 94 valence electrons. The first-order valence-electron chi connectivity index (χ1n) is 5.80. The molecule has 1 aliphatic heterocycles. The molecule has 1 fully saturated rings.